The summed E-state index contributed by atoms with van der Waals surface area (Å²) in [4.78, 5) is 39.4. The summed E-state index contributed by atoms with van der Waals surface area (Å²) >= 11 is 0. The molecule has 0 bridgehead atoms. The van der Waals surface area contributed by atoms with E-state index in [4.69, 9.17) is 0 Å². The van der Waals surface area contributed by atoms with Crippen LogP contribution in [0.5, 0.6) is 5.75 Å². The van der Waals surface area contributed by atoms with Crippen molar-refractivity contribution in [1.29, 1.82) is 0 Å². The molecule has 1 atom stereocenters. The number of benzene rings is 1. The van der Waals surface area contributed by atoms with Gasteiger partial charge in [0.1, 0.15) is 17.2 Å². The second-order valence-electron chi connectivity index (χ2n) is 7.61. The summed E-state index contributed by atoms with van der Waals surface area (Å²) in [5.74, 6) is -3.87. The van der Waals surface area contributed by atoms with Gasteiger partial charge in [-0.25, -0.2) is 8.78 Å². The Bertz CT molecular complexity index is 1070. The number of carbonyl (C=O) groups is 2. The largest absolute Gasteiger partial charge is 0.502 e. The van der Waals surface area contributed by atoms with Crippen LogP contribution in [-0.2, 0) is 6.54 Å². The lowest BCUT2D eigenvalue weighted by Gasteiger charge is -2.26. The summed E-state index contributed by atoms with van der Waals surface area (Å²) in [6, 6.07) is 2.82. The molecule has 10 heteroatoms. The molecule has 1 aliphatic rings. The normalized spacial score (nSPS) is 17.0. The maximum Gasteiger partial charge on any atom is 0.276 e. The number of carbonyl (C=O) groups excluding carboxylic acids is 2. The fourth-order valence-electron chi connectivity index (χ4n) is 3.39. The van der Waals surface area contributed by atoms with Gasteiger partial charge in [-0.05, 0) is 32.3 Å². The predicted molar refractivity (Wildman–Crippen MR) is 110 cm³/mol. The molecule has 2 aromatic rings. The van der Waals surface area contributed by atoms with Crippen molar-refractivity contribution < 1.29 is 23.5 Å². The topological polar surface area (TPSA) is 104 Å². The highest BCUT2D eigenvalue weighted by Crippen LogP contribution is 2.18. The van der Waals surface area contributed by atoms with Gasteiger partial charge < -0.3 is 20.7 Å². The number of fused-ring (bicyclic) bond motifs is 1. The van der Waals surface area contributed by atoms with Gasteiger partial charge in [0.15, 0.2) is 11.4 Å². The SMILES string of the molecule is CC1CCCCN(C)C(=O)c2c(O)c(=O)c(C(=O)NCc3ccc(F)cc3F)cn2N1. The number of aromatic nitrogens is 1. The standard InChI is InChI=1S/C21H24F2N4O4/c1-12-5-3-4-8-26(2)21(31)17-19(29)18(28)15(11-27(17)25-12)20(30)24-10-13-6-7-14(22)9-16(13)23/h6-7,9,11-12,25,29H,3-5,8,10H2,1-2H3,(H,24,30). The third kappa shape index (κ3) is 4.84. The number of rotatable bonds is 3. The van der Waals surface area contributed by atoms with Gasteiger partial charge in [0.25, 0.3) is 11.8 Å². The van der Waals surface area contributed by atoms with Gasteiger partial charge in [-0.1, -0.05) is 6.07 Å². The number of nitrogens with one attached hydrogen (secondary N) is 2. The van der Waals surface area contributed by atoms with E-state index in [1.54, 1.807) is 7.05 Å². The lowest BCUT2D eigenvalue weighted by Crippen LogP contribution is -2.39. The highest BCUT2D eigenvalue weighted by Gasteiger charge is 2.27. The lowest BCUT2D eigenvalue weighted by molar-refractivity contribution is 0.0774. The molecule has 1 aromatic carbocycles. The molecule has 0 fully saturated rings. The van der Waals surface area contributed by atoms with Gasteiger partial charge in [0, 0.05) is 44.0 Å². The van der Waals surface area contributed by atoms with Crippen molar-refractivity contribution in [3.05, 3.63) is 63.1 Å². The first-order valence-corrected chi connectivity index (χ1v) is 9.91. The molecule has 1 aliphatic heterocycles. The van der Waals surface area contributed by atoms with Crippen molar-refractivity contribution in [3.63, 3.8) is 0 Å². The quantitative estimate of drug-likeness (QED) is 0.685. The van der Waals surface area contributed by atoms with Crippen molar-refractivity contribution >= 4 is 11.8 Å². The van der Waals surface area contributed by atoms with Crippen LogP contribution >= 0.6 is 0 Å². The summed E-state index contributed by atoms with van der Waals surface area (Å²) in [6.07, 6.45) is 3.57. The lowest BCUT2D eigenvalue weighted by atomic mass is 10.1. The highest BCUT2D eigenvalue weighted by atomic mass is 19.1. The number of hydrogen-bond acceptors (Lipinski definition) is 5. The minimum Gasteiger partial charge on any atom is -0.502 e. The van der Waals surface area contributed by atoms with Crippen LogP contribution in [0.15, 0.2) is 29.2 Å². The molecule has 2 amide bonds. The second-order valence-corrected chi connectivity index (χ2v) is 7.61. The molecule has 0 saturated heterocycles. The first kappa shape index (κ1) is 22.3. The molecule has 0 saturated carbocycles. The molecular weight excluding hydrogens is 410 g/mol. The molecule has 166 valence electrons. The summed E-state index contributed by atoms with van der Waals surface area (Å²) in [7, 11) is 1.57. The molecule has 3 N–H and O–H groups in total. The number of halogens is 2. The monoisotopic (exact) mass is 434 g/mol. The zero-order valence-electron chi connectivity index (χ0n) is 17.2. The minimum atomic E-state index is -1.02. The fraction of sp³-hybridized carbons (Fsp3) is 0.381. The van der Waals surface area contributed by atoms with Crippen molar-refractivity contribution in [2.45, 2.75) is 38.8 Å². The first-order chi connectivity index (χ1) is 14.7. The van der Waals surface area contributed by atoms with Gasteiger partial charge in [-0.3, -0.25) is 19.1 Å². The van der Waals surface area contributed by atoms with E-state index in [0.717, 1.165) is 31.5 Å². The summed E-state index contributed by atoms with van der Waals surface area (Å²) in [6.45, 7) is 2.05. The number of amides is 2. The molecule has 0 aliphatic carbocycles. The first-order valence-electron chi connectivity index (χ1n) is 9.91. The van der Waals surface area contributed by atoms with Crippen molar-refractivity contribution in [1.82, 2.24) is 14.9 Å². The number of aromatic hydroxyl groups is 1. The molecule has 1 aromatic heterocycles. The van der Waals surface area contributed by atoms with Crippen LogP contribution in [0.25, 0.3) is 0 Å². The fourth-order valence-corrected chi connectivity index (χ4v) is 3.39. The van der Waals surface area contributed by atoms with Crippen LogP contribution in [0.4, 0.5) is 8.78 Å². The molecule has 0 radical (unpaired) electrons. The van der Waals surface area contributed by atoms with Crippen molar-refractivity contribution in [2.75, 3.05) is 19.0 Å². The Labute approximate surface area is 177 Å². The van der Waals surface area contributed by atoms with Gasteiger partial charge in [-0.2, -0.15) is 0 Å². The van der Waals surface area contributed by atoms with Crippen LogP contribution in [0.3, 0.4) is 0 Å². The average Bonchev–Trinajstić information content (AvgIpc) is 2.72. The van der Waals surface area contributed by atoms with Crippen LogP contribution in [-0.4, -0.2) is 46.1 Å². The summed E-state index contributed by atoms with van der Waals surface area (Å²) in [5, 5.41) is 12.9. The molecular formula is C21H24F2N4O4. The van der Waals surface area contributed by atoms with E-state index in [0.29, 0.717) is 12.6 Å². The van der Waals surface area contributed by atoms with E-state index >= 15 is 0 Å². The molecule has 0 spiro atoms. The Morgan fingerprint density at radius 1 is 1.29 bits per heavy atom. The van der Waals surface area contributed by atoms with Gasteiger partial charge in [0.05, 0.1) is 0 Å². The van der Waals surface area contributed by atoms with Gasteiger partial charge >= 0.3 is 0 Å². The van der Waals surface area contributed by atoms with E-state index in [9.17, 15) is 28.3 Å². The van der Waals surface area contributed by atoms with Gasteiger partial charge in [-0.15, -0.1) is 0 Å². The summed E-state index contributed by atoms with van der Waals surface area (Å²) < 4.78 is 28.0. The zero-order valence-corrected chi connectivity index (χ0v) is 17.2. The third-order valence-corrected chi connectivity index (χ3v) is 5.17. The van der Waals surface area contributed by atoms with Crippen LogP contribution < -0.4 is 16.2 Å². The molecule has 1 unspecified atom stereocenters. The van der Waals surface area contributed by atoms with Crippen molar-refractivity contribution in [2.24, 2.45) is 0 Å². The Morgan fingerprint density at radius 3 is 2.74 bits per heavy atom. The highest BCUT2D eigenvalue weighted by molar-refractivity contribution is 5.98. The Kier molecular flexibility index (Phi) is 6.57. The minimum absolute atomic E-state index is 0.0293. The summed E-state index contributed by atoms with van der Waals surface area (Å²) in [5.41, 5.74) is 1.35. The number of pyridine rings is 1. The number of nitrogens with zero attached hydrogens (tertiary/aromatic N) is 2. The Morgan fingerprint density at radius 2 is 2.03 bits per heavy atom. The van der Waals surface area contributed by atoms with Crippen LogP contribution in [0.1, 0.15) is 52.6 Å². The molecule has 2 heterocycles. The molecule has 8 nitrogen and oxygen atoms in total. The third-order valence-electron chi connectivity index (χ3n) is 5.17. The van der Waals surface area contributed by atoms with Crippen LogP contribution in [0.2, 0.25) is 0 Å². The van der Waals surface area contributed by atoms with E-state index in [1.807, 2.05) is 6.92 Å². The van der Waals surface area contributed by atoms with Crippen LogP contribution in [0, 0.1) is 11.6 Å². The predicted octanol–water partition coefficient (Wildman–Crippen LogP) is 1.95. The molecule has 31 heavy (non-hydrogen) atoms. The van der Waals surface area contributed by atoms with E-state index in [2.05, 4.69) is 10.7 Å². The van der Waals surface area contributed by atoms with E-state index in [-0.39, 0.29) is 23.8 Å². The Balaban J connectivity index is 1.95. The maximum atomic E-state index is 13.8. The number of hydrogen-bond donors (Lipinski definition) is 3. The molecule has 3 rings (SSSR count). The second kappa shape index (κ2) is 9.15. The van der Waals surface area contributed by atoms with E-state index < -0.39 is 40.2 Å². The Hall–Kier alpha value is -3.43. The van der Waals surface area contributed by atoms with E-state index in [1.165, 1.54) is 15.6 Å². The zero-order chi connectivity index (χ0) is 22.7. The van der Waals surface area contributed by atoms with Gasteiger partial charge in [0.2, 0.25) is 5.43 Å². The average molecular weight is 434 g/mol. The smallest absolute Gasteiger partial charge is 0.276 e. The van der Waals surface area contributed by atoms with Crippen molar-refractivity contribution in [3.8, 4) is 5.75 Å². The maximum absolute atomic E-state index is 13.8.